The van der Waals surface area contributed by atoms with E-state index in [-0.39, 0.29) is 11.6 Å². The van der Waals surface area contributed by atoms with E-state index < -0.39 is 11.0 Å². The highest BCUT2D eigenvalue weighted by Crippen LogP contribution is 2.43. The van der Waals surface area contributed by atoms with E-state index in [4.69, 9.17) is 9.15 Å². The number of hydrogen-bond acceptors (Lipinski definition) is 6. The Morgan fingerprint density at radius 1 is 1.19 bits per heavy atom. The molecule has 4 heterocycles. The quantitative estimate of drug-likeness (QED) is 0.251. The highest BCUT2D eigenvalue weighted by atomic mass is 16.6. The van der Waals surface area contributed by atoms with E-state index in [1.165, 1.54) is 12.1 Å². The maximum Gasteiger partial charge on any atom is 0.275 e. The summed E-state index contributed by atoms with van der Waals surface area (Å²) < 4.78 is 11.0. The Morgan fingerprint density at radius 2 is 2.03 bits per heavy atom. The molecule has 0 unspecified atom stereocenters. The van der Waals surface area contributed by atoms with Gasteiger partial charge in [-0.3, -0.25) is 20.0 Å². The molecule has 1 aliphatic heterocycles. The standard InChI is InChI=1S/C26H21N5O5/c1-35-18-8-9-20-19(13-18)16(14-27-20)10-11-30-25(15-4-6-17(7-5-15)31(33)34)22-23(21-3-2-12-36-21)28-29-24(22)26(30)32/h2-9,12-14,25,27H,10-11H2,1H3,(H,28,29)/t25-/m1/s1. The number of carbonyl (C=O) groups excluding carboxylic acids is 1. The molecule has 180 valence electrons. The Kier molecular flexibility index (Phi) is 5.06. The summed E-state index contributed by atoms with van der Waals surface area (Å²) in [7, 11) is 1.63. The van der Waals surface area contributed by atoms with Gasteiger partial charge in [0.05, 0.1) is 24.3 Å². The van der Waals surface area contributed by atoms with Gasteiger partial charge >= 0.3 is 0 Å². The van der Waals surface area contributed by atoms with Crippen molar-refractivity contribution in [3.63, 3.8) is 0 Å². The number of methoxy groups -OCH3 is 1. The van der Waals surface area contributed by atoms with Crippen LogP contribution in [-0.2, 0) is 6.42 Å². The number of nitrogens with zero attached hydrogens (tertiary/aromatic N) is 3. The number of rotatable bonds is 7. The molecule has 0 aliphatic carbocycles. The lowest BCUT2D eigenvalue weighted by molar-refractivity contribution is -0.384. The van der Waals surface area contributed by atoms with E-state index in [0.717, 1.165) is 27.8 Å². The molecule has 1 atom stereocenters. The number of aromatic amines is 2. The summed E-state index contributed by atoms with van der Waals surface area (Å²) in [5.74, 6) is 1.11. The largest absolute Gasteiger partial charge is 0.497 e. The van der Waals surface area contributed by atoms with Gasteiger partial charge in [-0.25, -0.2) is 0 Å². The second kappa shape index (κ2) is 8.42. The number of aromatic nitrogens is 3. The van der Waals surface area contributed by atoms with E-state index >= 15 is 0 Å². The number of nitrogens with one attached hydrogen (secondary N) is 2. The van der Waals surface area contributed by atoms with E-state index in [9.17, 15) is 14.9 Å². The van der Waals surface area contributed by atoms with Crippen molar-refractivity contribution in [1.82, 2.24) is 20.1 Å². The maximum atomic E-state index is 13.5. The van der Waals surface area contributed by atoms with Gasteiger partial charge in [-0.15, -0.1) is 0 Å². The normalized spacial score (nSPS) is 15.0. The van der Waals surface area contributed by atoms with Crippen LogP contribution in [0, 0.1) is 10.1 Å². The number of H-pyrrole nitrogens is 2. The monoisotopic (exact) mass is 483 g/mol. The first-order valence-electron chi connectivity index (χ1n) is 11.4. The predicted octanol–water partition coefficient (Wildman–Crippen LogP) is 4.86. The number of furan rings is 1. The molecule has 0 bridgehead atoms. The van der Waals surface area contributed by atoms with Crippen molar-refractivity contribution in [2.45, 2.75) is 12.5 Å². The number of benzene rings is 2. The van der Waals surface area contributed by atoms with Gasteiger partial charge in [0, 0.05) is 41.3 Å². The molecule has 1 amide bonds. The van der Waals surface area contributed by atoms with Gasteiger partial charge in [-0.1, -0.05) is 0 Å². The fraction of sp³-hybridized carbons (Fsp3) is 0.154. The Hall–Kier alpha value is -4.86. The summed E-state index contributed by atoms with van der Waals surface area (Å²) in [6, 6.07) is 15.2. The first-order valence-corrected chi connectivity index (χ1v) is 11.4. The molecule has 2 aromatic carbocycles. The van der Waals surface area contributed by atoms with Crippen molar-refractivity contribution in [2.24, 2.45) is 0 Å². The van der Waals surface area contributed by atoms with Crippen molar-refractivity contribution in [3.8, 4) is 17.2 Å². The molecule has 0 radical (unpaired) electrons. The summed E-state index contributed by atoms with van der Waals surface area (Å²) in [6.45, 7) is 0.415. The molecular formula is C26H21N5O5. The van der Waals surface area contributed by atoms with Gasteiger partial charge in [-0.05, 0) is 60.0 Å². The van der Waals surface area contributed by atoms with Crippen LogP contribution in [0.4, 0.5) is 5.69 Å². The van der Waals surface area contributed by atoms with Crippen molar-refractivity contribution in [1.29, 1.82) is 0 Å². The topological polar surface area (TPSA) is 130 Å². The molecule has 10 nitrogen and oxygen atoms in total. The lowest BCUT2D eigenvalue weighted by atomic mass is 9.97. The molecule has 6 rings (SSSR count). The zero-order chi connectivity index (χ0) is 24.8. The second-order valence-electron chi connectivity index (χ2n) is 8.56. The number of hydrogen-bond donors (Lipinski definition) is 2. The van der Waals surface area contributed by atoms with Gasteiger partial charge in [0.15, 0.2) is 11.5 Å². The van der Waals surface area contributed by atoms with Crippen molar-refractivity contribution in [2.75, 3.05) is 13.7 Å². The highest BCUT2D eigenvalue weighted by molar-refractivity contribution is 6.00. The van der Waals surface area contributed by atoms with Crippen LogP contribution in [0.15, 0.2) is 71.5 Å². The van der Waals surface area contributed by atoms with E-state index in [0.29, 0.717) is 35.7 Å². The highest BCUT2D eigenvalue weighted by Gasteiger charge is 2.42. The van der Waals surface area contributed by atoms with Crippen LogP contribution in [0.1, 0.15) is 33.2 Å². The minimum atomic E-state index is -0.480. The molecule has 5 aromatic rings. The Bertz CT molecular complexity index is 1580. The summed E-state index contributed by atoms with van der Waals surface area (Å²) >= 11 is 0. The third-order valence-electron chi connectivity index (χ3n) is 6.64. The fourth-order valence-corrected chi connectivity index (χ4v) is 4.89. The zero-order valence-corrected chi connectivity index (χ0v) is 19.2. The third-order valence-corrected chi connectivity index (χ3v) is 6.64. The van der Waals surface area contributed by atoms with Gasteiger partial charge in [0.25, 0.3) is 11.6 Å². The summed E-state index contributed by atoms with van der Waals surface area (Å²) in [5.41, 5.74) is 4.42. The Labute approximate surface area is 204 Å². The van der Waals surface area contributed by atoms with Gasteiger partial charge in [0.2, 0.25) is 0 Å². The molecule has 3 aromatic heterocycles. The van der Waals surface area contributed by atoms with Crippen LogP contribution >= 0.6 is 0 Å². The molecule has 10 heteroatoms. The second-order valence-corrected chi connectivity index (χ2v) is 8.56. The number of fused-ring (bicyclic) bond motifs is 2. The van der Waals surface area contributed by atoms with E-state index in [2.05, 4.69) is 15.2 Å². The average Bonchev–Trinajstić information content (AvgIpc) is 3.68. The summed E-state index contributed by atoms with van der Waals surface area (Å²) in [4.78, 5) is 29.3. The lowest BCUT2D eigenvalue weighted by Crippen LogP contribution is -2.31. The van der Waals surface area contributed by atoms with Crippen LogP contribution in [0.3, 0.4) is 0 Å². The summed E-state index contributed by atoms with van der Waals surface area (Å²) in [5, 5.41) is 19.5. The Morgan fingerprint density at radius 3 is 2.75 bits per heavy atom. The number of amides is 1. The third kappa shape index (κ3) is 3.42. The minimum absolute atomic E-state index is 0.0129. The van der Waals surface area contributed by atoms with Crippen LogP contribution < -0.4 is 4.74 Å². The molecule has 0 spiro atoms. The van der Waals surface area contributed by atoms with E-state index in [1.807, 2.05) is 24.4 Å². The lowest BCUT2D eigenvalue weighted by Gasteiger charge is -2.26. The molecule has 2 N–H and O–H groups in total. The molecule has 0 saturated heterocycles. The number of non-ortho nitro benzene ring substituents is 1. The fourth-order valence-electron chi connectivity index (χ4n) is 4.89. The van der Waals surface area contributed by atoms with Crippen molar-refractivity contribution >= 4 is 22.5 Å². The van der Waals surface area contributed by atoms with E-state index in [1.54, 1.807) is 42.5 Å². The molecule has 0 fully saturated rings. The van der Waals surface area contributed by atoms with Crippen LogP contribution in [0.5, 0.6) is 5.75 Å². The van der Waals surface area contributed by atoms with Crippen LogP contribution in [0.25, 0.3) is 22.4 Å². The van der Waals surface area contributed by atoms with Crippen LogP contribution in [-0.4, -0.2) is 44.6 Å². The predicted molar refractivity (Wildman–Crippen MR) is 131 cm³/mol. The van der Waals surface area contributed by atoms with Gasteiger partial charge in [-0.2, -0.15) is 5.10 Å². The van der Waals surface area contributed by atoms with Crippen molar-refractivity contribution in [3.05, 3.63) is 99.6 Å². The minimum Gasteiger partial charge on any atom is -0.497 e. The maximum absolute atomic E-state index is 13.5. The zero-order valence-electron chi connectivity index (χ0n) is 19.2. The number of ether oxygens (including phenoxy) is 1. The molecular weight excluding hydrogens is 462 g/mol. The average molecular weight is 483 g/mol. The number of carbonyl (C=O) groups is 1. The smallest absolute Gasteiger partial charge is 0.275 e. The number of nitro groups is 1. The number of nitro benzene ring substituents is 1. The van der Waals surface area contributed by atoms with Gasteiger partial charge < -0.3 is 19.0 Å². The molecule has 36 heavy (non-hydrogen) atoms. The first-order chi connectivity index (χ1) is 17.5. The van der Waals surface area contributed by atoms with Crippen LogP contribution in [0.2, 0.25) is 0 Å². The van der Waals surface area contributed by atoms with Crippen molar-refractivity contribution < 1.29 is 18.9 Å². The molecule has 0 saturated carbocycles. The Balaban J connectivity index is 1.39. The van der Waals surface area contributed by atoms with Gasteiger partial charge in [0.1, 0.15) is 11.4 Å². The first kappa shape index (κ1) is 21.7. The SMILES string of the molecule is COc1ccc2[nH]cc(CCN3C(=O)c4n[nH]c(-c5ccco5)c4[C@H]3c3ccc([N+](=O)[O-])cc3)c2c1. The summed E-state index contributed by atoms with van der Waals surface area (Å²) in [6.07, 6.45) is 4.09. The molecule has 1 aliphatic rings.